The second-order valence-electron chi connectivity index (χ2n) is 8.80. The van der Waals surface area contributed by atoms with Gasteiger partial charge in [0.1, 0.15) is 18.5 Å². The molecule has 2 aliphatic heterocycles. The topological polar surface area (TPSA) is 44.7 Å². The Labute approximate surface area is 167 Å². The van der Waals surface area contributed by atoms with E-state index in [4.69, 9.17) is 4.74 Å². The number of hydrogen-bond acceptors (Lipinski definition) is 4. The van der Waals surface area contributed by atoms with Crippen LogP contribution in [0.3, 0.4) is 0 Å². The number of rotatable bonds is 8. The largest absolute Gasteiger partial charge is 0.491 e. The maximum Gasteiger partial charge on any atom is 0.119 e. The van der Waals surface area contributed by atoms with Gasteiger partial charge >= 0.3 is 0 Å². The zero-order valence-corrected chi connectivity index (χ0v) is 16.3. The summed E-state index contributed by atoms with van der Waals surface area (Å²) in [5, 5.41) is 14.3. The van der Waals surface area contributed by atoms with Crippen molar-refractivity contribution in [3.05, 3.63) is 66.2 Å². The first-order valence-electron chi connectivity index (χ1n) is 10.7. The lowest BCUT2D eigenvalue weighted by atomic mass is 9.66. The predicted octanol–water partition coefficient (Wildman–Crippen LogP) is 2.89. The molecule has 4 fully saturated rings. The first-order valence-corrected chi connectivity index (χ1v) is 10.7. The number of nitrogens with one attached hydrogen (secondary N) is 1. The van der Waals surface area contributed by atoms with Crippen LogP contribution in [0.1, 0.15) is 24.3 Å². The van der Waals surface area contributed by atoms with Gasteiger partial charge in [-0.15, -0.1) is 0 Å². The van der Waals surface area contributed by atoms with Crippen LogP contribution >= 0.6 is 0 Å². The molecular formula is C24H30N2O2. The SMILES string of the molecule is OC(COc1ccccc1)CN1C[C@H]2C[C@@H](C1)[C@@H]2N[C@@H]1C[C@H]1c1ccccc1. The average molecular weight is 379 g/mol. The van der Waals surface area contributed by atoms with Crippen molar-refractivity contribution in [3.8, 4) is 5.75 Å². The highest BCUT2D eigenvalue weighted by atomic mass is 16.5. The van der Waals surface area contributed by atoms with Crippen molar-refractivity contribution in [2.75, 3.05) is 26.2 Å². The van der Waals surface area contributed by atoms with E-state index < -0.39 is 6.10 Å². The maximum absolute atomic E-state index is 10.4. The number of fused-ring (bicyclic) bond motifs is 2. The summed E-state index contributed by atoms with van der Waals surface area (Å²) in [6.07, 6.45) is 2.18. The Morgan fingerprint density at radius 1 is 0.964 bits per heavy atom. The van der Waals surface area contributed by atoms with Crippen molar-refractivity contribution < 1.29 is 9.84 Å². The highest BCUT2D eigenvalue weighted by Crippen LogP contribution is 2.46. The molecule has 4 aliphatic rings. The molecule has 0 radical (unpaired) electrons. The number of aliphatic hydroxyl groups excluding tert-OH is 1. The molecule has 0 aromatic heterocycles. The smallest absolute Gasteiger partial charge is 0.119 e. The molecule has 6 atom stereocenters. The summed E-state index contributed by atoms with van der Waals surface area (Å²) in [7, 11) is 0. The van der Waals surface area contributed by atoms with E-state index in [9.17, 15) is 5.11 Å². The molecule has 2 N–H and O–H groups in total. The van der Waals surface area contributed by atoms with Crippen molar-refractivity contribution in [1.82, 2.24) is 10.2 Å². The van der Waals surface area contributed by atoms with Gasteiger partial charge < -0.3 is 15.2 Å². The minimum Gasteiger partial charge on any atom is -0.491 e. The molecule has 2 saturated carbocycles. The molecule has 4 nitrogen and oxygen atoms in total. The quantitative estimate of drug-likeness (QED) is 0.741. The number of hydrogen-bond donors (Lipinski definition) is 2. The van der Waals surface area contributed by atoms with E-state index in [1.807, 2.05) is 30.3 Å². The highest BCUT2D eigenvalue weighted by Gasteiger charge is 2.50. The molecule has 28 heavy (non-hydrogen) atoms. The molecule has 2 aromatic carbocycles. The highest BCUT2D eigenvalue weighted by molar-refractivity contribution is 5.28. The standard InChI is InChI=1S/C24H30N2O2/c27-20(16-28-21-9-5-2-6-10-21)15-26-13-18-11-19(14-26)24(18)25-23-12-22(23)17-7-3-1-4-8-17/h1-10,18-20,22-25,27H,11-16H2/t18-,19+,20?,22-,23+,24-/m0/s1. The Kier molecular flexibility index (Phi) is 5.10. The van der Waals surface area contributed by atoms with Gasteiger partial charge in [0.25, 0.3) is 0 Å². The Bertz CT molecular complexity index is 757. The Morgan fingerprint density at radius 2 is 1.64 bits per heavy atom. The predicted molar refractivity (Wildman–Crippen MR) is 110 cm³/mol. The second kappa shape index (κ2) is 7.86. The first kappa shape index (κ1) is 18.2. The summed E-state index contributed by atoms with van der Waals surface area (Å²) in [4.78, 5) is 2.43. The number of ether oxygens (including phenoxy) is 1. The third-order valence-corrected chi connectivity index (χ3v) is 6.69. The van der Waals surface area contributed by atoms with Crippen molar-refractivity contribution in [1.29, 1.82) is 0 Å². The van der Waals surface area contributed by atoms with Gasteiger partial charge in [0, 0.05) is 37.6 Å². The molecular weight excluding hydrogens is 348 g/mol. The zero-order valence-electron chi connectivity index (χ0n) is 16.3. The third-order valence-electron chi connectivity index (χ3n) is 6.69. The molecule has 2 aromatic rings. The van der Waals surface area contributed by atoms with Crippen LogP contribution in [0, 0.1) is 11.8 Å². The third kappa shape index (κ3) is 3.95. The van der Waals surface area contributed by atoms with Gasteiger partial charge in [-0.1, -0.05) is 48.5 Å². The van der Waals surface area contributed by atoms with Gasteiger partial charge in [0.15, 0.2) is 0 Å². The van der Waals surface area contributed by atoms with Gasteiger partial charge in [-0.05, 0) is 42.4 Å². The normalized spacial score (nSPS) is 32.4. The fraction of sp³-hybridized carbons (Fsp3) is 0.500. The number of aliphatic hydroxyl groups is 1. The van der Waals surface area contributed by atoms with E-state index >= 15 is 0 Å². The molecule has 148 valence electrons. The minimum atomic E-state index is -0.435. The van der Waals surface area contributed by atoms with Gasteiger partial charge in [-0.25, -0.2) is 0 Å². The van der Waals surface area contributed by atoms with Crippen LogP contribution in [0.4, 0.5) is 0 Å². The first-order chi connectivity index (χ1) is 13.8. The molecule has 2 heterocycles. The lowest BCUT2D eigenvalue weighted by Crippen LogP contribution is -2.64. The van der Waals surface area contributed by atoms with Gasteiger partial charge in [0.05, 0.1) is 0 Å². The monoisotopic (exact) mass is 378 g/mol. The van der Waals surface area contributed by atoms with Crippen molar-refractivity contribution in [2.45, 2.75) is 36.9 Å². The Hall–Kier alpha value is -1.88. The van der Waals surface area contributed by atoms with Crippen LogP contribution in [-0.2, 0) is 0 Å². The fourth-order valence-electron chi connectivity index (χ4n) is 5.16. The molecule has 0 spiro atoms. The lowest BCUT2D eigenvalue weighted by molar-refractivity contribution is -0.0379. The van der Waals surface area contributed by atoms with Crippen LogP contribution in [0.15, 0.2) is 60.7 Å². The lowest BCUT2D eigenvalue weighted by Gasteiger charge is -2.54. The Balaban J connectivity index is 1.05. The number of para-hydroxylation sites is 1. The van der Waals surface area contributed by atoms with E-state index in [-0.39, 0.29) is 0 Å². The van der Waals surface area contributed by atoms with E-state index in [1.54, 1.807) is 0 Å². The summed E-state index contributed by atoms with van der Waals surface area (Å²) < 4.78 is 5.69. The Morgan fingerprint density at radius 3 is 2.36 bits per heavy atom. The van der Waals surface area contributed by atoms with Crippen molar-refractivity contribution in [3.63, 3.8) is 0 Å². The van der Waals surface area contributed by atoms with Crippen molar-refractivity contribution >= 4 is 0 Å². The summed E-state index contributed by atoms with van der Waals surface area (Å²) in [5.74, 6) is 3.00. The number of piperidine rings is 2. The summed E-state index contributed by atoms with van der Waals surface area (Å²) in [6, 6.07) is 22.0. The van der Waals surface area contributed by atoms with E-state index in [0.29, 0.717) is 31.2 Å². The van der Waals surface area contributed by atoms with E-state index in [1.165, 1.54) is 18.4 Å². The molecule has 0 amide bonds. The van der Waals surface area contributed by atoms with Crippen LogP contribution in [0.25, 0.3) is 0 Å². The summed E-state index contributed by atoms with van der Waals surface area (Å²) in [6.45, 7) is 3.26. The van der Waals surface area contributed by atoms with Crippen LogP contribution in [0.5, 0.6) is 5.75 Å². The van der Waals surface area contributed by atoms with E-state index in [0.717, 1.165) is 30.7 Å². The van der Waals surface area contributed by atoms with E-state index in [2.05, 4.69) is 40.5 Å². The minimum absolute atomic E-state index is 0.359. The average Bonchev–Trinajstić information content (AvgIpc) is 3.52. The summed E-state index contributed by atoms with van der Waals surface area (Å²) in [5.41, 5.74) is 1.48. The second-order valence-corrected chi connectivity index (χ2v) is 8.80. The molecule has 2 saturated heterocycles. The molecule has 1 unspecified atom stereocenters. The molecule has 2 aliphatic carbocycles. The van der Waals surface area contributed by atoms with Gasteiger partial charge in [-0.2, -0.15) is 0 Å². The molecule has 4 heteroatoms. The molecule has 6 rings (SSSR count). The maximum atomic E-state index is 10.4. The van der Waals surface area contributed by atoms with Gasteiger partial charge in [0.2, 0.25) is 0 Å². The van der Waals surface area contributed by atoms with Crippen LogP contribution < -0.4 is 10.1 Å². The fourth-order valence-corrected chi connectivity index (χ4v) is 5.16. The summed E-state index contributed by atoms with van der Waals surface area (Å²) >= 11 is 0. The van der Waals surface area contributed by atoms with Crippen molar-refractivity contribution in [2.24, 2.45) is 11.8 Å². The number of nitrogens with zero attached hydrogens (tertiary/aromatic N) is 1. The van der Waals surface area contributed by atoms with Gasteiger partial charge in [-0.3, -0.25) is 4.90 Å². The number of benzene rings is 2. The van der Waals surface area contributed by atoms with Crippen LogP contribution in [-0.4, -0.2) is 54.4 Å². The zero-order chi connectivity index (χ0) is 18.9. The molecule has 2 bridgehead atoms. The van der Waals surface area contributed by atoms with Crippen LogP contribution in [0.2, 0.25) is 0 Å².